The highest BCUT2D eigenvalue weighted by Crippen LogP contribution is 2.45. The van der Waals surface area contributed by atoms with E-state index in [1.54, 1.807) is 18.4 Å². The van der Waals surface area contributed by atoms with Crippen LogP contribution >= 0.6 is 11.3 Å². The highest BCUT2D eigenvalue weighted by Gasteiger charge is 2.46. The van der Waals surface area contributed by atoms with Crippen molar-refractivity contribution in [2.75, 3.05) is 13.7 Å². The number of hydrogen-bond acceptors (Lipinski definition) is 5. The molecule has 1 aromatic carbocycles. The van der Waals surface area contributed by atoms with E-state index in [2.05, 4.69) is 0 Å². The molecule has 2 aromatic rings. The Balaban J connectivity index is 2.05. The Morgan fingerprint density at radius 1 is 1.38 bits per heavy atom. The molecule has 1 aliphatic carbocycles. The molecule has 1 saturated carbocycles. The number of hydrogen-bond donors (Lipinski definition) is 0. The van der Waals surface area contributed by atoms with Crippen molar-refractivity contribution in [3.63, 3.8) is 0 Å². The van der Waals surface area contributed by atoms with E-state index >= 15 is 0 Å². The number of thiazole rings is 1. The van der Waals surface area contributed by atoms with Crippen molar-refractivity contribution < 1.29 is 14.3 Å². The molecule has 21 heavy (non-hydrogen) atoms. The number of fused-ring (bicyclic) bond motifs is 1. The van der Waals surface area contributed by atoms with Gasteiger partial charge in [-0.3, -0.25) is 4.79 Å². The summed E-state index contributed by atoms with van der Waals surface area (Å²) in [5.41, 5.74) is 0.388. The van der Waals surface area contributed by atoms with Crippen molar-refractivity contribution in [3.8, 4) is 5.75 Å². The van der Waals surface area contributed by atoms with Gasteiger partial charge in [-0.05, 0) is 38.0 Å². The van der Waals surface area contributed by atoms with Crippen LogP contribution in [-0.4, -0.2) is 24.7 Å². The summed E-state index contributed by atoms with van der Waals surface area (Å²) in [6.45, 7) is 2.27. The molecule has 1 aliphatic rings. The zero-order valence-electron chi connectivity index (χ0n) is 12.3. The third-order valence-electron chi connectivity index (χ3n) is 4.13. The van der Waals surface area contributed by atoms with Crippen LogP contribution in [0.1, 0.15) is 37.6 Å². The molecule has 0 N–H and O–H groups in total. The molecule has 3 rings (SSSR count). The van der Waals surface area contributed by atoms with Crippen molar-refractivity contribution in [1.29, 1.82) is 0 Å². The number of methoxy groups -OCH3 is 1. The van der Waals surface area contributed by atoms with E-state index in [4.69, 9.17) is 14.5 Å². The molecule has 0 bridgehead atoms. The van der Waals surface area contributed by atoms with Gasteiger partial charge < -0.3 is 9.47 Å². The Morgan fingerprint density at radius 3 is 2.81 bits per heavy atom. The average Bonchev–Trinajstić information content (AvgIpc) is 3.14. The second-order valence-corrected chi connectivity index (χ2v) is 6.39. The molecular formula is C16H19NO3S. The van der Waals surface area contributed by atoms with Gasteiger partial charge in [0.1, 0.15) is 16.2 Å². The zero-order chi connectivity index (χ0) is 14.9. The van der Waals surface area contributed by atoms with Crippen molar-refractivity contribution in [1.82, 2.24) is 4.98 Å². The largest absolute Gasteiger partial charge is 0.497 e. The van der Waals surface area contributed by atoms with Crippen molar-refractivity contribution >= 4 is 27.5 Å². The number of carbonyl (C=O) groups is 1. The number of esters is 1. The zero-order valence-corrected chi connectivity index (χ0v) is 13.2. The van der Waals surface area contributed by atoms with Crippen LogP contribution in [0.4, 0.5) is 0 Å². The molecule has 0 radical (unpaired) electrons. The van der Waals surface area contributed by atoms with E-state index < -0.39 is 5.41 Å². The van der Waals surface area contributed by atoms with E-state index in [1.165, 1.54) is 0 Å². The van der Waals surface area contributed by atoms with Gasteiger partial charge in [0.25, 0.3) is 0 Å². The van der Waals surface area contributed by atoms with Crippen LogP contribution in [0.5, 0.6) is 5.75 Å². The Labute approximate surface area is 128 Å². The van der Waals surface area contributed by atoms with E-state index in [-0.39, 0.29) is 5.97 Å². The summed E-state index contributed by atoms with van der Waals surface area (Å²) in [6, 6.07) is 5.82. The lowest BCUT2D eigenvalue weighted by Crippen LogP contribution is -2.34. The highest BCUT2D eigenvalue weighted by molar-refractivity contribution is 7.18. The number of carbonyl (C=O) groups excluding carboxylic acids is 1. The first-order chi connectivity index (χ1) is 10.2. The summed E-state index contributed by atoms with van der Waals surface area (Å²) >= 11 is 1.59. The molecule has 1 heterocycles. The first-order valence-corrected chi connectivity index (χ1v) is 8.13. The second kappa shape index (κ2) is 5.64. The first kappa shape index (κ1) is 14.3. The summed E-state index contributed by atoms with van der Waals surface area (Å²) in [5, 5.41) is 0.890. The Kier molecular flexibility index (Phi) is 3.85. The fourth-order valence-corrected chi connectivity index (χ4v) is 4.22. The second-order valence-electron chi connectivity index (χ2n) is 5.36. The van der Waals surface area contributed by atoms with Crippen LogP contribution in [0, 0.1) is 0 Å². The number of benzene rings is 1. The molecule has 0 unspecified atom stereocenters. The Morgan fingerprint density at radius 2 is 2.14 bits per heavy atom. The summed E-state index contributed by atoms with van der Waals surface area (Å²) in [6.07, 6.45) is 3.78. The molecule has 5 heteroatoms. The maximum Gasteiger partial charge on any atom is 0.319 e. The van der Waals surface area contributed by atoms with Crippen LogP contribution in [0.3, 0.4) is 0 Å². The van der Waals surface area contributed by atoms with Gasteiger partial charge in [-0.1, -0.05) is 12.8 Å². The number of rotatable bonds is 4. The van der Waals surface area contributed by atoms with Crippen LogP contribution in [-0.2, 0) is 14.9 Å². The minimum atomic E-state index is -0.535. The minimum Gasteiger partial charge on any atom is -0.497 e. The van der Waals surface area contributed by atoms with E-state index in [0.29, 0.717) is 6.61 Å². The molecule has 4 nitrogen and oxygen atoms in total. The van der Waals surface area contributed by atoms with Crippen molar-refractivity contribution in [2.45, 2.75) is 38.0 Å². The van der Waals surface area contributed by atoms with Gasteiger partial charge in [0.15, 0.2) is 0 Å². The summed E-state index contributed by atoms with van der Waals surface area (Å²) in [7, 11) is 1.65. The molecule has 0 amide bonds. The molecule has 0 aliphatic heterocycles. The molecule has 1 fully saturated rings. The first-order valence-electron chi connectivity index (χ1n) is 7.32. The van der Waals surface area contributed by atoms with Crippen molar-refractivity contribution in [2.24, 2.45) is 0 Å². The SMILES string of the molecule is CCOC(=O)C1(c2nc3ccc(OC)cc3s2)CCCC1. The van der Waals surface area contributed by atoms with Gasteiger partial charge in [-0.15, -0.1) is 11.3 Å². The maximum atomic E-state index is 12.5. The van der Waals surface area contributed by atoms with Gasteiger partial charge in [-0.2, -0.15) is 0 Å². The quantitative estimate of drug-likeness (QED) is 0.809. The van der Waals surface area contributed by atoms with Gasteiger partial charge in [0, 0.05) is 0 Å². The lowest BCUT2D eigenvalue weighted by Gasteiger charge is -2.23. The predicted molar refractivity (Wildman–Crippen MR) is 83.0 cm³/mol. The van der Waals surface area contributed by atoms with E-state index in [0.717, 1.165) is 46.7 Å². The normalized spacial score (nSPS) is 17.0. The number of aromatic nitrogens is 1. The number of ether oxygens (including phenoxy) is 2. The van der Waals surface area contributed by atoms with Gasteiger partial charge in [0.2, 0.25) is 0 Å². The molecule has 0 atom stereocenters. The molecule has 0 saturated heterocycles. The van der Waals surface area contributed by atoms with Crippen LogP contribution < -0.4 is 4.74 Å². The standard InChI is InChI=1S/C16H19NO3S/c1-3-20-15(18)16(8-4-5-9-16)14-17-12-7-6-11(19-2)10-13(12)21-14/h6-7,10H,3-5,8-9H2,1-2H3. The van der Waals surface area contributed by atoms with E-state index in [9.17, 15) is 4.79 Å². The molecule has 1 aromatic heterocycles. The van der Waals surface area contributed by atoms with Crippen molar-refractivity contribution in [3.05, 3.63) is 23.2 Å². The third kappa shape index (κ3) is 2.39. The smallest absolute Gasteiger partial charge is 0.319 e. The van der Waals surface area contributed by atoms with Crippen LogP contribution in [0.25, 0.3) is 10.2 Å². The van der Waals surface area contributed by atoms with Gasteiger partial charge >= 0.3 is 5.97 Å². The monoisotopic (exact) mass is 305 g/mol. The Bertz CT molecular complexity index is 659. The fourth-order valence-electron chi connectivity index (χ4n) is 2.99. The molecular weight excluding hydrogens is 286 g/mol. The highest BCUT2D eigenvalue weighted by atomic mass is 32.1. The van der Waals surface area contributed by atoms with Gasteiger partial charge in [-0.25, -0.2) is 4.98 Å². The predicted octanol–water partition coefficient (Wildman–Crippen LogP) is 3.68. The van der Waals surface area contributed by atoms with Crippen LogP contribution in [0.15, 0.2) is 18.2 Å². The van der Waals surface area contributed by atoms with Gasteiger partial charge in [0.05, 0.1) is 23.9 Å². The summed E-state index contributed by atoms with van der Waals surface area (Å²) < 4.78 is 11.6. The minimum absolute atomic E-state index is 0.117. The third-order valence-corrected chi connectivity index (χ3v) is 5.35. The molecule has 0 spiro atoms. The maximum absolute atomic E-state index is 12.5. The average molecular weight is 305 g/mol. The summed E-state index contributed by atoms with van der Waals surface area (Å²) in [5.74, 6) is 0.697. The lowest BCUT2D eigenvalue weighted by molar-refractivity contribution is -0.150. The molecule has 112 valence electrons. The van der Waals surface area contributed by atoms with Crippen LogP contribution in [0.2, 0.25) is 0 Å². The Hall–Kier alpha value is -1.62. The van der Waals surface area contributed by atoms with E-state index in [1.807, 2.05) is 25.1 Å². The summed E-state index contributed by atoms with van der Waals surface area (Å²) in [4.78, 5) is 17.2. The lowest BCUT2D eigenvalue weighted by atomic mass is 9.87. The topological polar surface area (TPSA) is 48.4 Å². The fraction of sp³-hybridized carbons (Fsp3) is 0.500. The number of nitrogens with zero attached hydrogens (tertiary/aromatic N) is 1.